The third kappa shape index (κ3) is 3.07. The number of aryl methyl sites for hydroxylation is 2. The van der Waals surface area contributed by atoms with Gasteiger partial charge in [-0.05, 0) is 73.7 Å². The average Bonchev–Trinajstić information content (AvgIpc) is 2.96. The van der Waals surface area contributed by atoms with Crippen molar-refractivity contribution in [2.24, 2.45) is 0 Å². The predicted molar refractivity (Wildman–Crippen MR) is 87.0 cm³/mol. The number of hydrogen-bond acceptors (Lipinski definition) is 2. The minimum atomic E-state index is -0.0593. The largest absolute Gasteiger partial charge is 0.385 e. The van der Waals surface area contributed by atoms with Crippen LogP contribution in [-0.2, 0) is 12.8 Å². The second-order valence-electron chi connectivity index (χ2n) is 5.40. The van der Waals surface area contributed by atoms with Gasteiger partial charge in [0.2, 0.25) is 0 Å². The molecule has 3 heteroatoms. The Bertz CT molecular complexity index is 647. The maximum absolute atomic E-state index is 12.3. The Labute approximate surface area is 125 Å². The van der Waals surface area contributed by atoms with Gasteiger partial charge in [0.05, 0.1) is 0 Å². The summed E-state index contributed by atoms with van der Waals surface area (Å²) in [5.41, 5.74) is 5.39. The monoisotopic (exact) mass is 280 g/mol. The Morgan fingerprint density at radius 1 is 1.00 bits per heavy atom. The molecule has 0 atom stereocenters. The summed E-state index contributed by atoms with van der Waals surface area (Å²) < 4.78 is 0. The third-order valence-electron chi connectivity index (χ3n) is 3.88. The highest BCUT2D eigenvalue weighted by molar-refractivity contribution is 6.04. The normalized spacial score (nSPS) is 12.8. The van der Waals surface area contributed by atoms with Gasteiger partial charge < -0.3 is 10.6 Å². The molecule has 2 aromatic carbocycles. The van der Waals surface area contributed by atoms with E-state index < -0.39 is 0 Å². The number of amides is 1. The number of carbonyl (C=O) groups excluding carboxylic acids is 1. The first-order valence-electron chi connectivity index (χ1n) is 7.53. The summed E-state index contributed by atoms with van der Waals surface area (Å²) in [5.74, 6) is -0.0593. The standard InChI is InChI=1S/C18H20N2O/c1-2-19-16-9-7-14(8-10-16)18(21)20-17-11-6-13-4-3-5-15(13)12-17/h6-12,19H,2-5H2,1H3,(H,20,21). The lowest BCUT2D eigenvalue weighted by Gasteiger charge is -2.08. The van der Waals surface area contributed by atoms with Gasteiger partial charge >= 0.3 is 0 Å². The molecule has 0 aliphatic heterocycles. The van der Waals surface area contributed by atoms with Crippen molar-refractivity contribution in [3.63, 3.8) is 0 Å². The Morgan fingerprint density at radius 3 is 2.48 bits per heavy atom. The van der Waals surface area contributed by atoms with E-state index in [0.29, 0.717) is 5.56 Å². The van der Waals surface area contributed by atoms with Gasteiger partial charge in [0.15, 0.2) is 0 Å². The molecule has 1 amide bonds. The second-order valence-corrected chi connectivity index (χ2v) is 5.40. The van der Waals surface area contributed by atoms with E-state index in [2.05, 4.69) is 29.7 Å². The highest BCUT2D eigenvalue weighted by atomic mass is 16.1. The topological polar surface area (TPSA) is 41.1 Å². The summed E-state index contributed by atoms with van der Waals surface area (Å²) >= 11 is 0. The number of anilines is 2. The smallest absolute Gasteiger partial charge is 0.255 e. The zero-order valence-corrected chi connectivity index (χ0v) is 12.3. The fourth-order valence-corrected chi connectivity index (χ4v) is 2.80. The van der Waals surface area contributed by atoms with Crippen molar-refractivity contribution < 1.29 is 4.79 Å². The quantitative estimate of drug-likeness (QED) is 0.893. The summed E-state index contributed by atoms with van der Waals surface area (Å²) in [4.78, 5) is 12.3. The van der Waals surface area contributed by atoms with E-state index in [-0.39, 0.29) is 5.91 Å². The van der Waals surface area contributed by atoms with Gasteiger partial charge in [-0.25, -0.2) is 0 Å². The van der Waals surface area contributed by atoms with Crippen LogP contribution in [0.5, 0.6) is 0 Å². The van der Waals surface area contributed by atoms with Crippen LogP contribution in [0.4, 0.5) is 11.4 Å². The van der Waals surface area contributed by atoms with E-state index in [4.69, 9.17) is 0 Å². The Kier molecular flexibility index (Phi) is 3.91. The molecule has 0 spiro atoms. The minimum absolute atomic E-state index is 0.0593. The van der Waals surface area contributed by atoms with E-state index in [0.717, 1.165) is 30.8 Å². The number of carbonyl (C=O) groups is 1. The van der Waals surface area contributed by atoms with E-state index in [1.807, 2.05) is 30.3 Å². The van der Waals surface area contributed by atoms with Crippen LogP contribution < -0.4 is 10.6 Å². The number of rotatable bonds is 4. The Hall–Kier alpha value is -2.29. The lowest BCUT2D eigenvalue weighted by Crippen LogP contribution is -2.12. The molecular formula is C18H20N2O. The maximum atomic E-state index is 12.3. The molecule has 0 saturated carbocycles. The fraction of sp³-hybridized carbons (Fsp3) is 0.278. The molecule has 1 aliphatic rings. The van der Waals surface area contributed by atoms with Crippen molar-refractivity contribution in [1.29, 1.82) is 0 Å². The lowest BCUT2D eigenvalue weighted by atomic mass is 10.1. The lowest BCUT2D eigenvalue weighted by molar-refractivity contribution is 0.102. The number of benzene rings is 2. The molecule has 3 rings (SSSR count). The van der Waals surface area contributed by atoms with Gasteiger partial charge in [-0.1, -0.05) is 6.07 Å². The molecular weight excluding hydrogens is 260 g/mol. The van der Waals surface area contributed by atoms with Crippen LogP contribution in [0, 0.1) is 0 Å². The zero-order valence-electron chi connectivity index (χ0n) is 12.3. The Morgan fingerprint density at radius 2 is 1.71 bits per heavy atom. The molecule has 0 heterocycles. The van der Waals surface area contributed by atoms with Gasteiger partial charge in [-0.3, -0.25) is 4.79 Å². The van der Waals surface area contributed by atoms with Gasteiger partial charge in [0.25, 0.3) is 5.91 Å². The zero-order chi connectivity index (χ0) is 14.7. The first kappa shape index (κ1) is 13.7. The molecule has 2 aromatic rings. The number of hydrogen-bond donors (Lipinski definition) is 2. The second kappa shape index (κ2) is 6.00. The van der Waals surface area contributed by atoms with Crippen molar-refractivity contribution in [1.82, 2.24) is 0 Å². The van der Waals surface area contributed by atoms with E-state index in [9.17, 15) is 4.79 Å². The first-order chi connectivity index (χ1) is 10.3. The molecule has 0 bridgehead atoms. The van der Waals surface area contributed by atoms with Crippen LogP contribution in [0.25, 0.3) is 0 Å². The summed E-state index contributed by atoms with van der Waals surface area (Å²) in [6.45, 7) is 2.93. The van der Waals surface area contributed by atoms with Gasteiger partial charge in [0.1, 0.15) is 0 Å². The maximum Gasteiger partial charge on any atom is 0.255 e. The van der Waals surface area contributed by atoms with Crippen LogP contribution in [0.3, 0.4) is 0 Å². The summed E-state index contributed by atoms with van der Waals surface area (Å²) in [5, 5.41) is 6.20. The molecule has 0 unspecified atom stereocenters. The van der Waals surface area contributed by atoms with Gasteiger partial charge in [-0.2, -0.15) is 0 Å². The van der Waals surface area contributed by atoms with Crippen LogP contribution in [0.1, 0.15) is 34.8 Å². The third-order valence-corrected chi connectivity index (χ3v) is 3.88. The fourth-order valence-electron chi connectivity index (χ4n) is 2.80. The van der Waals surface area contributed by atoms with E-state index in [1.165, 1.54) is 17.5 Å². The minimum Gasteiger partial charge on any atom is -0.385 e. The highest BCUT2D eigenvalue weighted by Gasteiger charge is 2.12. The molecule has 0 fully saturated rings. The Balaban J connectivity index is 1.71. The molecule has 2 N–H and O–H groups in total. The highest BCUT2D eigenvalue weighted by Crippen LogP contribution is 2.25. The van der Waals surface area contributed by atoms with Crippen molar-refractivity contribution in [2.75, 3.05) is 17.2 Å². The first-order valence-corrected chi connectivity index (χ1v) is 7.53. The van der Waals surface area contributed by atoms with Gasteiger partial charge in [-0.15, -0.1) is 0 Å². The van der Waals surface area contributed by atoms with Crippen LogP contribution in [0.2, 0.25) is 0 Å². The van der Waals surface area contributed by atoms with Gasteiger partial charge in [0, 0.05) is 23.5 Å². The van der Waals surface area contributed by atoms with Crippen LogP contribution in [-0.4, -0.2) is 12.5 Å². The van der Waals surface area contributed by atoms with Crippen molar-refractivity contribution in [3.8, 4) is 0 Å². The van der Waals surface area contributed by atoms with E-state index >= 15 is 0 Å². The average molecular weight is 280 g/mol. The molecule has 0 saturated heterocycles. The van der Waals surface area contributed by atoms with Crippen molar-refractivity contribution in [2.45, 2.75) is 26.2 Å². The molecule has 3 nitrogen and oxygen atoms in total. The number of nitrogens with one attached hydrogen (secondary N) is 2. The van der Waals surface area contributed by atoms with Crippen molar-refractivity contribution >= 4 is 17.3 Å². The SMILES string of the molecule is CCNc1ccc(C(=O)Nc2ccc3c(c2)CCC3)cc1. The number of fused-ring (bicyclic) bond motifs is 1. The summed E-state index contributed by atoms with van der Waals surface area (Å²) in [6.07, 6.45) is 3.50. The summed E-state index contributed by atoms with van der Waals surface area (Å²) in [6, 6.07) is 13.8. The van der Waals surface area contributed by atoms with Crippen molar-refractivity contribution in [3.05, 3.63) is 59.2 Å². The predicted octanol–water partition coefficient (Wildman–Crippen LogP) is 3.86. The van der Waals surface area contributed by atoms with E-state index in [1.54, 1.807) is 0 Å². The summed E-state index contributed by atoms with van der Waals surface area (Å²) in [7, 11) is 0. The molecule has 21 heavy (non-hydrogen) atoms. The van der Waals surface area contributed by atoms with Crippen LogP contribution in [0.15, 0.2) is 42.5 Å². The molecule has 0 radical (unpaired) electrons. The van der Waals surface area contributed by atoms with Crippen LogP contribution >= 0.6 is 0 Å². The molecule has 0 aromatic heterocycles. The molecule has 1 aliphatic carbocycles. The molecule has 108 valence electrons.